The highest BCUT2D eigenvalue weighted by Gasteiger charge is 2.06. The van der Waals surface area contributed by atoms with E-state index in [1.807, 2.05) is 13.8 Å². The molecule has 1 amide bonds. The Balaban J connectivity index is 2.48. The predicted molar refractivity (Wildman–Crippen MR) is 80.8 cm³/mol. The third-order valence-corrected chi connectivity index (χ3v) is 3.20. The summed E-state index contributed by atoms with van der Waals surface area (Å²) in [7, 11) is 0. The average Bonchev–Trinajstić information content (AvgIpc) is 2.39. The van der Waals surface area contributed by atoms with Gasteiger partial charge >= 0.3 is 0 Å². The van der Waals surface area contributed by atoms with Crippen LogP contribution in [0.3, 0.4) is 0 Å². The van der Waals surface area contributed by atoms with Crippen molar-refractivity contribution in [1.82, 2.24) is 5.43 Å². The molecule has 0 aliphatic carbocycles. The molecule has 0 fully saturated rings. The van der Waals surface area contributed by atoms with E-state index in [4.69, 9.17) is 16.3 Å². The summed E-state index contributed by atoms with van der Waals surface area (Å²) < 4.78 is 6.18. The predicted octanol–water partition coefficient (Wildman–Crippen LogP) is 3.77. The van der Waals surface area contributed by atoms with Crippen LogP contribution >= 0.6 is 27.5 Å². The summed E-state index contributed by atoms with van der Waals surface area (Å²) in [5.74, 6) is 0.161. The lowest BCUT2D eigenvalue weighted by molar-refractivity contribution is -0.123. The molecule has 0 spiro atoms. The van der Waals surface area contributed by atoms with Crippen molar-refractivity contribution in [3.05, 3.63) is 27.7 Å². The maximum atomic E-state index is 11.5. The van der Waals surface area contributed by atoms with Gasteiger partial charge in [0.1, 0.15) is 5.75 Å². The number of amides is 1. The molecule has 4 nitrogen and oxygen atoms in total. The highest BCUT2D eigenvalue weighted by molar-refractivity contribution is 9.10. The minimum atomic E-state index is -0.307. The van der Waals surface area contributed by atoms with E-state index in [1.54, 1.807) is 18.2 Å². The van der Waals surface area contributed by atoms with E-state index in [0.29, 0.717) is 10.8 Å². The first-order valence-corrected chi connectivity index (χ1v) is 7.16. The molecule has 104 valence electrons. The molecule has 1 aromatic rings. The van der Waals surface area contributed by atoms with Gasteiger partial charge in [-0.05, 0) is 31.0 Å². The first-order valence-electron chi connectivity index (χ1n) is 5.99. The molecule has 1 rings (SSSR count). The van der Waals surface area contributed by atoms with Gasteiger partial charge in [-0.3, -0.25) is 4.79 Å². The maximum absolute atomic E-state index is 11.5. The first kappa shape index (κ1) is 16.0. The number of halogens is 2. The third kappa shape index (κ3) is 5.61. The fraction of sp³-hybridized carbons (Fsp3) is 0.385. The summed E-state index contributed by atoms with van der Waals surface area (Å²) in [5.41, 5.74) is 3.40. The quantitative estimate of drug-likeness (QED) is 0.629. The second kappa shape index (κ2) is 8.17. The lowest BCUT2D eigenvalue weighted by Crippen LogP contribution is -2.25. The number of hydrazone groups is 1. The van der Waals surface area contributed by atoms with Gasteiger partial charge in [0.25, 0.3) is 5.91 Å². The lowest BCUT2D eigenvalue weighted by Gasteiger charge is -2.07. The Kier molecular flexibility index (Phi) is 6.87. The molecule has 0 heterocycles. The topological polar surface area (TPSA) is 50.7 Å². The van der Waals surface area contributed by atoms with Gasteiger partial charge in [0.05, 0.1) is 5.02 Å². The number of nitrogens with one attached hydrogen (secondary N) is 1. The smallest absolute Gasteiger partial charge is 0.277 e. The van der Waals surface area contributed by atoms with Crippen LogP contribution in [0.15, 0.2) is 27.8 Å². The molecular formula is C13H16BrClN2O2. The second-order valence-corrected chi connectivity index (χ2v) is 5.11. The highest BCUT2D eigenvalue weighted by atomic mass is 79.9. The van der Waals surface area contributed by atoms with Gasteiger partial charge in [-0.15, -0.1) is 0 Å². The van der Waals surface area contributed by atoms with Crippen LogP contribution in [0.25, 0.3) is 0 Å². The molecule has 0 atom stereocenters. The fourth-order valence-electron chi connectivity index (χ4n) is 1.32. The van der Waals surface area contributed by atoms with Gasteiger partial charge in [-0.1, -0.05) is 41.4 Å². The molecule has 0 aliphatic rings. The number of benzene rings is 1. The number of hydrogen-bond acceptors (Lipinski definition) is 3. The van der Waals surface area contributed by atoms with Crippen LogP contribution < -0.4 is 10.2 Å². The van der Waals surface area contributed by atoms with Gasteiger partial charge in [0.15, 0.2) is 6.61 Å². The van der Waals surface area contributed by atoms with E-state index >= 15 is 0 Å². The standard InChI is InChI=1S/C13H16BrClN2O2/c1-3-10(4-2)16-17-13(18)8-19-12-6-5-9(14)7-11(12)15/h5-7H,3-4,8H2,1-2H3,(H,17,18). The molecule has 6 heteroatoms. The van der Waals surface area contributed by atoms with Crippen molar-refractivity contribution in [3.63, 3.8) is 0 Å². The summed E-state index contributed by atoms with van der Waals surface area (Å²) in [6.07, 6.45) is 1.63. The fourth-order valence-corrected chi connectivity index (χ4v) is 2.05. The molecular weight excluding hydrogens is 332 g/mol. The third-order valence-electron chi connectivity index (χ3n) is 2.41. The lowest BCUT2D eigenvalue weighted by atomic mass is 10.2. The summed E-state index contributed by atoms with van der Waals surface area (Å²) in [6.45, 7) is 3.87. The molecule has 0 saturated carbocycles. The van der Waals surface area contributed by atoms with Crippen molar-refractivity contribution in [2.24, 2.45) is 5.10 Å². The van der Waals surface area contributed by atoms with Crippen molar-refractivity contribution in [2.45, 2.75) is 26.7 Å². The molecule has 0 saturated heterocycles. The first-order chi connectivity index (χ1) is 9.06. The minimum Gasteiger partial charge on any atom is -0.482 e. The number of carbonyl (C=O) groups excluding carboxylic acids is 1. The molecule has 0 radical (unpaired) electrons. The zero-order chi connectivity index (χ0) is 14.3. The molecule has 0 unspecified atom stereocenters. The summed E-state index contributed by atoms with van der Waals surface area (Å²) >= 11 is 9.27. The Hall–Kier alpha value is -1.07. The maximum Gasteiger partial charge on any atom is 0.277 e. The molecule has 1 aromatic carbocycles. The average molecular weight is 348 g/mol. The minimum absolute atomic E-state index is 0.119. The van der Waals surface area contributed by atoms with Gasteiger partial charge < -0.3 is 4.74 Å². The Labute approximate surface area is 126 Å². The van der Waals surface area contributed by atoms with Crippen LogP contribution in [0.2, 0.25) is 5.02 Å². The van der Waals surface area contributed by atoms with Crippen LogP contribution in [0.4, 0.5) is 0 Å². The van der Waals surface area contributed by atoms with E-state index < -0.39 is 0 Å². The summed E-state index contributed by atoms with van der Waals surface area (Å²) in [6, 6.07) is 5.20. The second-order valence-electron chi connectivity index (χ2n) is 3.78. The van der Waals surface area contributed by atoms with E-state index in [2.05, 4.69) is 26.5 Å². The van der Waals surface area contributed by atoms with Crippen molar-refractivity contribution >= 4 is 39.1 Å². The SMILES string of the molecule is CCC(CC)=NNC(=O)COc1ccc(Br)cc1Cl. The summed E-state index contributed by atoms with van der Waals surface area (Å²) in [4.78, 5) is 11.5. The molecule has 0 aromatic heterocycles. The highest BCUT2D eigenvalue weighted by Crippen LogP contribution is 2.27. The van der Waals surface area contributed by atoms with Crippen LogP contribution in [0.5, 0.6) is 5.75 Å². The normalized spacial score (nSPS) is 9.89. The van der Waals surface area contributed by atoms with E-state index in [0.717, 1.165) is 23.0 Å². The van der Waals surface area contributed by atoms with E-state index in [1.165, 1.54) is 0 Å². The van der Waals surface area contributed by atoms with Crippen molar-refractivity contribution in [2.75, 3.05) is 6.61 Å². The molecule has 1 N–H and O–H groups in total. The number of rotatable bonds is 6. The van der Waals surface area contributed by atoms with Crippen LogP contribution in [-0.4, -0.2) is 18.2 Å². The number of carbonyl (C=O) groups is 1. The van der Waals surface area contributed by atoms with Crippen molar-refractivity contribution in [3.8, 4) is 5.75 Å². The van der Waals surface area contributed by atoms with Crippen LogP contribution in [0.1, 0.15) is 26.7 Å². The Bertz CT molecular complexity index is 472. The van der Waals surface area contributed by atoms with Crippen LogP contribution in [0, 0.1) is 0 Å². The van der Waals surface area contributed by atoms with Crippen molar-refractivity contribution in [1.29, 1.82) is 0 Å². The Morgan fingerprint density at radius 1 is 1.42 bits per heavy atom. The Morgan fingerprint density at radius 3 is 2.68 bits per heavy atom. The molecule has 0 bridgehead atoms. The zero-order valence-corrected chi connectivity index (χ0v) is 13.2. The van der Waals surface area contributed by atoms with Gasteiger partial charge in [-0.25, -0.2) is 5.43 Å². The van der Waals surface area contributed by atoms with E-state index in [-0.39, 0.29) is 12.5 Å². The molecule has 0 aliphatic heterocycles. The Morgan fingerprint density at radius 2 is 2.11 bits per heavy atom. The number of ether oxygens (including phenoxy) is 1. The largest absolute Gasteiger partial charge is 0.482 e. The van der Waals surface area contributed by atoms with Crippen molar-refractivity contribution < 1.29 is 9.53 Å². The van der Waals surface area contributed by atoms with Crippen LogP contribution in [-0.2, 0) is 4.79 Å². The van der Waals surface area contributed by atoms with Gasteiger partial charge in [0, 0.05) is 10.2 Å². The zero-order valence-electron chi connectivity index (χ0n) is 10.9. The number of hydrogen-bond donors (Lipinski definition) is 1. The summed E-state index contributed by atoms with van der Waals surface area (Å²) in [5, 5.41) is 4.46. The number of nitrogens with zero attached hydrogens (tertiary/aromatic N) is 1. The monoisotopic (exact) mass is 346 g/mol. The molecule has 19 heavy (non-hydrogen) atoms. The van der Waals surface area contributed by atoms with Gasteiger partial charge in [0.2, 0.25) is 0 Å². The van der Waals surface area contributed by atoms with E-state index in [9.17, 15) is 4.79 Å². The van der Waals surface area contributed by atoms with Gasteiger partial charge in [-0.2, -0.15) is 5.10 Å².